The summed E-state index contributed by atoms with van der Waals surface area (Å²) in [5, 5.41) is 13.4. The second-order valence-electron chi connectivity index (χ2n) is 6.16. The number of pyridine rings is 1. The standard InChI is InChI=1S/C22H19N3O2/c1-16-11-17(2)25(22(26)21(16)13-23)24-14-19-9-6-10-20(12-19)27-15-18-7-4-3-5-8-18/h3-12,14H,15H2,1-2H3/b24-14+. The van der Waals surface area contributed by atoms with Crippen molar-refractivity contribution in [1.29, 1.82) is 5.26 Å². The summed E-state index contributed by atoms with van der Waals surface area (Å²) < 4.78 is 7.05. The molecule has 0 aliphatic carbocycles. The van der Waals surface area contributed by atoms with Gasteiger partial charge in [0, 0.05) is 5.69 Å². The van der Waals surface area contributed by atoms with Crippen LogP contribution < -0.4 is 10.3 Å². The van der Waals surface area contributed by atoms with Gasteiger partial charge < -0.3 is 4.74 Å². The molecule has 0 radical (unpaired) electrons. The van der Waals surface area contributed by atoms with E-state index in [1.807, 2.05) is 60.7 Å². The molecule has 0 bridgehead atoms. The van der Waals surface area contributed by atoms with Crippen molar-refractivity contribution >= 4 is 6.21 Å². The molecule has 0 aliphatic rings. The normalized spacial score (nSPS) is 10.7. The fourth-order valence-electron chi connectivity index (χ4n) is 2.71. The van der Waals surface area contributed by atoms with Gasteiger partial charge in [-0.15, -0.1) is 0 Å². The van der Waals surface area contributed by atoms with Crippen LogP contribution in [0.15, 0.2) is 70.6 Å². The third-order valence-electron chi connectivity index (χ3n) is 4.10. The van der Waals surface area contributed by atoms with E-state index in [2.05, 4.69) is 5.10 Å². The highest BCUT2D eigenvalue weighted by Crippen LogP contribution is 2.14. The molecular formula is C22H19N3O2. The Morgan fingerprint density at radius 1 is 1.11 bits per heavy atom. The molecule has 0 fully saturated rings. The van der Waals surface area contributed by atoms with Crippen LogP contribution in [0.4, 0.5) is 0 Å². The number of aryl methyl sites for hydroxylation is 2. The van der Waals surface area contributed by atoms with Gasteiger partial charge in [0.1, 0.15) is 24.0 Å². The van der Waals surface area contributed by atoms with Crippen LogP contribution in [0.3, 0.4) is 0 Å². The summed E-state index contributed by atoms with van der Waals surface area (Å²) >= 11 is 0. The lowest BCUT2D eigenvalue weighted by Crippen LogP contribution is -2.22. The van der Waals surface area contributed by atoms with Crippen molar-refractivity contribution in [3.63, 3.8) is 0 Å². The average Bonchev–Trinajstić information content (AvgIpc) is 2.67. The van der Waals surface area contributed by atoms with Gasteiger partial charge in [0.2, 0.25) is 0 Å². The van der Waals surface area contributed by atoms with Gasteiger partial charge in [-0.05, 0) is 48.7 Å². The topological polar surface area (TPSA) is 67.4 Å². The monoisotopic (exact) mass is 357 g/mol. The second-order valence-corrected chi connectivity index (χ2v) is 6.16. The highest BCUT2D eigenvalue weighted by molar-refractivity contribution is 5.80. The van der Waals surface area contributed by atoms with Crippen LogP contribution in [0, 0.1) is 25.2 Å². The van der Waals surface area contributed by atoms with Crippen LogP contribution >= 0.6 is 0 Å². The van der Waals surface area contributed by atoms with Crippen molar-refractivity contribution in [3.8, 4) is 11.8 Å². The van der Waals surface area contributed by atoms with Crippen molar-refractivity contribution in [2.45, 2.75) is 20.5 Å². The quantitative estimate of drug-likeness (QED) is 0.652. The van der Waals surface area contributed by atoms with Crippen LogP contribution in [0.2, 0.25) is 0 Å². The van der Waals surface area contributed by atoms with Gasteiger partial charge in [0.05, 0.1) is 6.21 Å². The zero-order chi connectivity index (χ0) is 19.2. The van der Waals surface area contributed by atoms with Crippen LogP contribution in [0.25, 0.3) is 0 Å². The molecule has 0 unspecified atom stereocenters. The fraction of sp³-hybridized carbons (Fsp3) is 0.136. The van der Waals surface area contributed by atoms with Crippen molar-refractivity contribution < 1.29 is 4.74 Å². The molecule has 3 aromatic rings. The lowest BCUT2D eigenvalue weighted by Gasteiger charge is -2.08. The lowest BCUT2D eigenvalue weighted by atomic mass is 10.1. The number of ether oxygens (including phenoxy) is 1. The average molecular weight is 357 g/mol. The van der Waals surface area contributed by atoms with Crippen molar-refractivity contribution in [1.82, 2.24) is 4.68 Å². The molecule has 2 aromatic carbocycles. The number of hydrogen-bond acceptors (Lipinski definition) is 4. The van der Waals surface area contributed by atoms with Crippen LogP contribution in [0.5, 0.6) is 5.75 Å². The Bertz CT molecular complexity index is 1080. The third-order valence-corrected chi connectivity index (χ3v) is 4.10. The van der Waals surface area contributed by atoms with Crippen LogP contribution in [-0.4, -0.2) is 10.9 Å². The molecule has 3 rings (SSSR count). The molecular weight excluding hydrogens is 338 g/mol. The van der Waals surface area contributed by atoms with Gasteiger partial charge in [-0.2, -0.15) is 10.4 Å². The van der Waals surface area contributed by atoms with Crippen molar-refractivity contribution in [2.24, 2.45) is 5.10 Å². The number of nitrogens with zero attached hydrogens (tertiary/aromatic N) is 3. The minimum Gasteiger partial charge on any atom is -0.489 e. The van der Waals surface area contributed by atoms with E-state index in [1.165, 1.54) is 4.68 Å². The maximum Gasteiger partial charge on any atom is 0.289 e. The van der Waals surface area contributed by atoms with E-state index < -0.39 is 5.56 Å². The van der Waals surface area contributed by atoms with E-state index in [9.17, 15) is 4.79 Å². The van der Waals surface area contributed by atoms with E-state index in [1.54, 1.807) is 26.1 Å². The number of hydrogen-bond donors (Lipinski definition) is 0. The number of benzene rings is 2. The summed E-state index contributed by atoms with van der Waals surface area (Å²) in [6, 6.07) is 21.1. The summed E-state index contributed by atoms with van der Waals surface area (Å²) in [7, 11) is 0. The maximum atomic E-state index is 12.4. The van der Waals surface area contributed by atoms with E-state index in [4.69, 9.17) is 10.00 Å². The predicted octanol–water partition coefficient (Wildman–Crippen LogP) is 3.80. The highest BCUT2D eigenvalue weighted by Gasteiger charge is 2.09. The Morgan fingerprint density at radius 2 is 1.89 bits per heavy atom. The molecule has 0 atom stereocenters. The Labute approximate surface area is 157 Å². The molecule has 5 nitrogen and oxygen atoms in total. The predicted molar refractivity (Wildman–Crippen MR) is 105 cm³/mol. The molecule has 0 amide bonds. The minimum atomic E-state index is -0.414. The Kier molecular flexibility index (Phi) is 5.48. The Hall–Kier alpha value is -3.65. The molecule has 0 spiro atoms. The molecule has 5 heteroatoms. The maximum absolute atomic E-state index is 12.4. The number of aromatic nitrogens is 1. The van der Waals surface area contributed by atoms with E-state index >= 15 is 0 Å². The summed E-state index contributed by atoms with van der Waals surface area (Å²) in [6.45, 7) is 4.00. The zero-order valence-corrected chi connectivity index (χ0v) is 15.2. The first-order valence-electron chi connectivity index (χ1n) is 8.53. The fourth-order valence-corrected chi connectivity index (χ4v) is 2.71. The smallest absolute Gasteiger partial charge is 0.289 e. The van der Waals surface area contributed by atoms with Crippen LogP contribution in [-0.2, 0) is 6.61 Å². The van der Waals surface area contributed by atoms with E-state index in [0.29, 0.717) is 23.6 Å². The zero-order valence-electron chi connectivity index (χ0n) is 15.2. The third kappa shape index (κ3) is 4.31. The van der Waals surface area contributed by atoms with Gasteiger partial charge in [-0.1, -0.05) is 42.5 Å². The summed E-state index contributed by atoms with van der Waals surface area (Å²) in [6.07, 6.45) is 1.58. The molecule has 0 aliphatic heterocycles. The van der Waals surface area contributed by atoms with Gasteiger partial charge in [0.25, 0.3) is 5.56 Å². The van der Waals surface area contributed by atoms with Crippen molar-refractivity contribution in [2.75, 3.05) is 0 Å². The molecule has 1 heterocycles. The van der Waals surface area contributed by atoms with E-state index in [-0.39, 0.29) is 5.56 Å². The molecule has 1 aromatic heterocycles. The molecule has 0 saturated carbocycles. The molecule has 27 heavy (non-hydrogen) atoms. The minimum absolute atomic E-state index is 0.109. The first-order chi connectivity index (χ1) is 13.1. The van der Waals surface area contributed by atoms with Gasteiger partial charge in [-0.3, -0.25) is 4.79 Å². The lowest BCUT2D eigenvalue weighted by molar-refractivity contribution is 0.306. The van der Waals surface area contributed by atoms with Gasteiger partial charge in [-0.25, -0.2) is 4.68 Å². The molecule has 0 N–H and O–H groups in total. The van der Waals surface area contributed by atoms with Crippen LogP contribution in [0.1, 0.15) is 27.9 Å². The summed E-state index contributed by atoms with van der Waals surface area (Å²) in [5.74, 6) is 0.716. The Balaban J connectivity index is 1.81. The number of rotatable bonds is 5. The Morgan fingerprint density at radius 3 is 2.63 bits per heavy atom. The SMILES string of the molecule is Cc1cc(C)n(/N=C/c2cccc(OCc3ccccc3)c2)c(=O)c1C#N. The second kappa shape index (κ2) is 8.15. The number of nitriles is 1. The largest absolute Gasteiger partial charge is 0.489 e. The molecule has 134 valence electrons. The van der Waals surface area contributed by atoms with Crippen molar-refractivity contribution in [3.05, 3.63) is 99.0 Å². The van der Waals surface area contributed by atoms with Gasteiger partial charge >= 0.3 is 0 Å². The molecule has 0 saturated heterocycles. The first kappa shape index (κ1) is 18.2. The van der Waals surface area contributed by atoms with E-state index in [0.717, 1.165) is 11.1 Å². The first-order valence-corrected chi connectivity index (χ1v) is 8.53. The summed E-state index contributed by atoms with van der Waals surface area (Å²) in [5.41, 5.74) is 2.90. The van der Waals surface area contributed by atoms with Gasteiger partial charge in [0.15, 0.2) is 0 Å². The summed E-state index contributed by atoms with van der Waals surface area (Å²) in [4.78, 5) is 12.4. The highest BCUT2D eigenvalue weighted by atomic mass is 16.5.